The maximum absolute atomic E-state index is 12.4. The van der Waals surface area contributed by atoms with Gasteiger partial charge in [-0.15, -0.1) is 0 Å². The van der Waals surface area contributed by atoms with Crippen LogP contribution in [-0.4, -0.2) is 31.1 Å². The number of nitrogens with two attached hydrogens (primary N) is 1. The second kappa shape index (κ2) is 6.70. The van der Waals surface area contributed by atoms with Gasteiger partial charge in [0.2, 0.25) is 5.91 Å². The van der Waals surface area contributed by atoms with Gasteiger partial charge in [0, 0.05) is 18.8 Å². The van der Waals surface area contributed by atoms with E-state index in [2.05, 4.69) is 4.90 Å². The SMILES string of the molecule is NC(=O)[C@H]1CCCN(c2ccc(C(=O)O[C@H]3C[C@H]4CC[C@H]3C4)cc2)C1. The molecular weight excluding hydrogens is 316 g/mol. The minimum Gasteiger partial charge on any atom is -0.458 e. The van der Waals surface area contributed by atoms with Gasteiger partial charge in [0.05, 0.1) is 11.5 Å². The number of ether oxygens (including phenoxy) is 1. The Balaban J connectivity index is 1.38. The Labute approximate surface area is 148 Å². The van der Waals surface area contributed by atoms with Crippen molar-refractivity contribution in [2.75, 3.05) is 18.0 Å². The Bertz CT molecular complexity index is 657. The summed E-state index contributed by atoms with van der Waals surface area (Å²) in [6, 6.07) is 7.55. The first-order valence-electron chi connectivity index (χ1n) is 9.45. The van der Waals surface area contributed by atoms with E-state index in [0.29, 0.717) is 18.0 Å². The van der Waals surface area contributed by atoms with Crippen molar-refractivity contribution in [1.82, 2.24) is 0 Å². The second-order valence-corrected chi connectivity index (χ2v) is 7.85. The van der Waals surface area contributed by atoms with Crippen molar-refractivity contribution < 1.29 is 14.3 Å². The van der Waals surface area contributed by atoms with E-state index in [1.54, 1.807) is 0 Å². The number of piperidine rings is 1. The van der Waals surface area contributed by atoms with Gasteiger partial charge in [-0.2, -0.15) is 0 Å². The third-order valence-corrected chi connectivity index (χ3v) is 6.22. The number of amides is 1. The van der Waals surface area contributed by atoms with E-state index >= 15 is 0 Å². The third-order valence-electron chi connectivity index (χ3n) is 6.22. The zero-order chi connectivity index (χ0) is 17.4. The van der Waals surface area contributed by atoms with Crippen LogP contribution in [0.2, 0.25) is 0 Å². The summed E-state index contributed by atoms with van der Waals surface area (Å²) in [5.74, 6) is 0.819. The Morgan fingerprint density at radius 3 is 2.52 bits per heavy atom. The van der Waals surface area contributed by atoms with Crippen molar-refractivity contribution in [3.63, 3.8) is 0 Å². The molecule has 2 N–H and O–H groups in total. The number of hydrogen-bond donors (Lipinski definition) is 1. The summed E-state index contributed by atoms with van der Waals surface area (Å²) in [7, 11) is 0. The fourth-order valence-electron chi connectivity index (χ4n) is 4.79. The van der Waals surface area contributed by atoms with Crippen molar-refractivity contribution in [1.29, 1.82) is 0 Å². The fraction of sp³-hybridized carbons (Fsp3) is 0.600. The van der Waals surface area contributed by atoms with Crippen molar-refractivity contribution in [3.05, 3.63) is 29.8 Å². The molecule has 1 aromatic rings. The lowest BCUT2D eigenvalue weighted by Crippen LogP contribution is -2.41. The van der Waals surface area contributed by atoms with Crippen molar-refractivity contribution in [2.24, 2.45) is 23.5 Å². The molecule has 25 heavy (non-hydrogen) atoms. The number of benzene rings is 1. The fourth-order valence-corrected chi connectivity index (χ4v) is 4.79. The molecule has 1 amide bonds. The van der Waals surface area contributed by atoms with Crippen LogP contribution in [0, 0.1) is 17.8 Å². The van der Waals surface area contributed by atoms with Crippen LogP contribution in [0.25, 0.3) is 0 Å². The Morgan fingerprint density at radius 1 is 1.08 bits per heavy atom. The van der Waals surface area contributed by atoms with E-state index in [0.717, 1.165) is 37.4 Å². The lowest BCUT2D eigenvalue weighted by atomic mass is 9.97. The number of carbonyl (C=O) groups is 2. The van der Waals surface area contributed by atoms with E-state index < -0.39 is 0 Å². The molecule has 1 aliphatic heterocycles. The third kappa shape index (κ3) is 3.37. The number of nitrogens with zero attached hydrogens (tertiary/aromatic N) is 1. The molecule has 3 aliphatic rings. The lowest BCUT2D eigenvalue weighted by molar-refractivity contribution is -0.122. The van der Waals surface area contributed by atoms with Crippen molar-refractivity contribution in [2.45, 2.75) is 44.6 Å². The number of carbonyl (C=O) groups excluding carboxylic acids is 2. The van der Waals surface area contributed by atoms with Gasteiger partial charge in [-0.25, -0.2) is 4.79 Å². The zero-order valence-corrected chi connectivity index (χ0v) is 14.5. The molecular formula is C20H26N2O3. The van der Waals surface area contributed by atoms with Crippen LogP contribution >= 0.6 is 0 Å². The molecule has 2 saturated carbocycles. The standard InChI is InChI=1S/C20H26N2O3/c21-19(23)16-2-1-9-22(12-16)17-7-5-14(6-8-17)20(24)25-18-11-13-3-4-15(18)10-13/h5-8,13,15-16,18H,1-4,9-12H2,(H2,21,23)/t13-,15-,16-,18-/m0/s1. The first-order valence-corrected chi connectivity index (χ1v) is 9.45. The summed E-state index contributed by atoms with van der Waals surface area (Å²) in [4.78, 5) is 26.0. The van der Waals surface area contributed by atoms with Crippen LogP contribution < -0.4 is 10.6 Å². The topological polar surface area (TPSA) is 72.6 Å². The molecule has 1 heterocycles. The number of fused-ring (bicyclic) bond motifs is 2. The van der Waals surface area contributed by atoms with Crippen LogP contribution in [0.5, 0.6) is 0 Å². The highest BCUT2D eigenvalue weighted by Gasteiger charge is 2.41. The quantitative estimate of drug-likeness (QED) is 0.854. The summed E-state index contributed by atoms with van der Waals surface area (Å²) < 4.78 is 5.75. The maximum atomic E-state index is 12.4. The van der Waals surface area contributed by atoms with Crippen LogP contribution in [-0.2, 0) is 9.53 Å². The first kappa shape index (κ1) is 16.4. The number of anilines is 1. The van der Waals surface area contributed by atoms with Crippen LogP contribution in [0.1, 0.15) is 48.9 Å². The smallest absolute Gasteiger partial charge is 0.338 e. The predicted octanol–water partition coefficient (Wildman–Crippen LogP) is 2.73. The van der Waals surface area contributed by atoms with E-state index in [9.17, 15) is 9.59 Å². The molecule has 2 aliphatic carbocycles. The number of rotatable bonds is 4. The highest BCUT2D eigenvalue weighted by atomic mass is 16.5. The van der Waals surface area contributed by atoms with E-state index in [1.807, 2.05) is 24.3 Å². The molecule has 0 unspecified atom stereocenters. The second-order valence-electron chi connectivity index (χ2n) is 7.85. The van der Waals surface area contributed by atoms with Crippen molar-refractivity contribution in [3.8, 4) is 0 Å². The molecule has 4 atom stereocenters. The average molecular weight is 342 g/mol. The summed E-state index contributed by atoms with van der Waals surface area (Å²) in [6.45, 7) is 1.57. The predicted molar refractivity (Wildman–Crippen MR) is 95.2 cm³/mol. The lowest BCUT2D eigenvalue weighted by Gasteiger charge is -2.33. The number of primary amides is 1. The molecule has 1 aromatic carbocycles. The summed E-state index contributed by atoms with van der Waals surface area (Å²) in [6.07, 6.45) is 6.71. The van der Waals surface area contributed by atoms with E-state index in [-0.39, 0.29) is 23.9 Å². The molecule has 1 saturated heterocycles. The normalized spacial score (nSPS) is 31.1. The van der Waals surface area contributed by atoms with Crippen LogP contribution in [0.4, 0.5) is 5.69 Å². The molecule has 3 fully saturated rings. The monoisotopic (exact) mass is 342 g/mol. The molecule has 0 aromatic heterocycles. The maximum Gasteiger partial charge on any atom is 0.338 e. The van der Waals surface area contributed by atoms with Crippen molar-refractivity contribution >= 4 is 17.6 Å². The Kier molecular flexibility index (Phi) is 4.40. The Hall–Kier alpha value is -2.04. The molecule has 2 bridgehead atoms. The summed E-state index contributed by atoms with van der Waals surface area (Å²) >= 11 is 0. The molecule has 5 nitrogen and oxygen atoms in total. The molecule has 0 spiro atoms. The highest BCUT2D eigenvalue weighted by Crippen LogP contribution is 2.46. The molecule has 5 heteroatoms. The molecule has 0 radical (unpaired) electrons. The average Bonchev–Trinajstić information content (AvgIpc) is 3.25. The van der Waals surface area contributed by atoms with Gasteiger partial charge in [0.15, 0.2) is 0 Å². The van der Waals surface area contributed by atoms with Gasteiger partial charge in [-0.3, -0.25) is 4.79 Å². The molecule has 134 valence electrons. The van der Waals surface area contributed by atoms with Gasteiger partial charge in [0.25, 0.3) is 0 Å². The summed E-state index contributed by atoms with van der Waals surface area (Å²) in [5, 5.41) is 0. The van der Waals surface area contributed by atoms with Gasteiger partial charge >= 0.3 is 5.97 Å². The minimum atomic E-state index is -0.226. The number of esters is 1. The zero-order valence-electron chi connectivity index (χ0n) is 14.5. The van der Waals surface area contributed by atoms with Gasteiger partial charge in [-0.05, 0) is 74.6 Å². The first-order chi connectivity index (χ1) is 12.1. The van der Waals surface area contributed by atoms with Crippen LogP contribution in [0.15, 0.2) is 24.3 Å². The summed E-state index contributed by atoms with van der Waals surface area (Å²) in [5.41, 5.74) is 7.08. The largest absolute Gasteiger partial charge is 0.458 e. The van der Waals surface area contributed by atoms with Gasteiger partial charge < -0.3 is 15.4 Å². The van der Waals surface area contributed by atoms with E-state index in [4.69, 9.17) is 10.5 Å². The van der Waals surface area contributed by atoms with Crippen LogP contribution in [0.3, 0.4) is 0 Å². The highest BCUT2D eigenvalue weighted by molar-refractivity contribution is 5.90. The Morgan fingerprint density at radius 2 is 1.88 bits per heavy atom. The van der Waals surface area contributed by atoms with Gasteiger partial charge in [0.1, 0.15) is 6.10 Å². The number of hydrogen-bond acceptors (Lipinski definition) is 4. The van der Waals surface area contributed by atoms with E-state index in [1.165, 1.54) is 19.3 Å². The minimum absolute atomic E-state index is 0.0869. The van der Waals surface area contributed by atoms with Gasteiger partial charge in [-0.1, -0.05) is 0 Å². The molecule has 4 rings (SSSR count).